The molecular formula is C10H18N4O. The molecule has 0 aromatic carbocycles. The molecule has 15 heavy (non-hydrogen) atoms. The van der Waals surface area contributed by atoms with Crippen molar-refractivity contribution in [1.82, 2.24) is 14.9 Å². The molecule has 0 radical (unpaired) electrons. The Morgan fingerprint density at radius 3 is 2.93 bits per heavy atom. The van der Waals surface area contributed by atoms with E-state index in [9.17, 15) is 4.79 Å². The average Bonchev–Trinajstić information content (AvgIpc) is 2.68. The molecule has 1 amide bonds. The standard InChI is InChI=1S/C10H18N4O/c1-3-9(11)10(15)13-8(2)6-14-5-4-12-7-14/h4-5,7-9H,3,6,11H2,1-2H3,(H,13,15). The van der Waals surface area contributed by atoms with Gasteiger partial charge >= 0.3 is 0 Å². The van der Waals surface area contributed by atoms with E-state index >= 15 is 0 Å². The molecule has 0 aliphatic heterocycles. The van der Waals surface area contributed by atoms with Gasteiger partial charge in [-0.05, 0) is 13.3 Å². The molecule has 0 bridgehead atoms. The van der Waals surface area contributed by atoms with Crippen LogP contribution < -0.4 is 11.1 Å². The van der Waals surface area contributed by atoms with E-state index < -0.39 is 6.04 Å². The number of amides is 1. The highest BCUT2D eigenvalue weighted by atomic mass is 16.2. The molecule has 5 heteroatoms. The third kappa shape index (κ3) is 3.71. The average molecular weight is 210 g/mol. The maximum Gasteiger partial charge on any atom is 0.237 e. The number of carbonyl (C=O) groups excluding carboxylic acids is 1. The number of rotatable bonds is 5. The summed E-state index contributed by atoms with van der Waals surface area (Å²) in [7, 11) is 0. The smallest absolute Gasteiger partial charge is 0.237 e. The lowest BCUT2D eigenvalue weighted by Gasteiger charge is -2.16. The van der Waals surface area contributed by atoms with Crippen LogP contribution in [0.5, 0.6) is 0 Å². The van der Waals surface area contributed by atoms with E-state index in [0.717, 1.165) is 0 Å². The molecule has 84 valence electrons. The van der Waals surface area contributed by atoms with E-state index in [4.69, 9.17) is 5.73 Å². The summed E-state index contributed by atoms with van der Waals surface area (Å²) in [5.74, 6) is -0.0925. The summed E-state index contributed by atoms with van der Waals surface area (Å²) in [6.07, 6.45) is 5.96. The Morgan fingerprint density at radius 1 is 1.67 bits per heavy atom. The van der Waals surface area contributed by atoms with E-state index in [0.29, 0.717) is 13.0 Å². The van der Waals surface area contributed by atoms with Gasteiger partial charge in [-0.1, -0.05) is 6.92 Å². The van der Waals surface area contributed by atoms with Gasteiger partial charge in [0.15, 0.2) is 0 Å². The van der Waals surface area contributed by atoms with Gasteiger partial charge < -0.3 is 15.6 Å². The van der Waals surface area contributed by atoms with Crippen molar-refractivity contribution in [3.8, 4) is 0 Å². The summed E-state index contributed by atoms with van der Waals surface area (Å²) < 4.78 is 1.92. The van der Waals surface area contributed by atoms with Crippen molar-refractivity contribution in [2.24, 2.45) is 5.73 Å². The van der Waals surface area contributed by atoms with E-state index in [1.165, 1.54) is 0 Å². The zero-order chi connectivity index (χ0) is 11.3. The van der Waals surface area contributed by atoms with Gasteiger partial charge in [0, 0.05) is 25.0 Å². The Kier molecular flexibility index (Phi) is 4.30. The zero-order valence-corrected chi connectivity index (χ0v) is 9.18. The van der Waals surface area contributed by atoms with E-state index in [1.54, 1.807) is 12.5 Å². The minimum Gasteiger partial charge on any atom is -0.351 e. The molecule has 1 aromatic heterocycles. The third-order valence-electron chi connectivity index (χ3n) is 2.21. The summed E-state index contributed by atoms with van der Waals surface area (Å²) in [6.45, 7) is 4.55. The van der Waals surface area contributed by atoms with Crippen molar-refractivity contribution in [2.75, 3.05) is 0 Å². The lowest BCUT2D eigenvalue weighted by molar-refractivity contribution is -0.123. The number of imidazole rings is 1. The molecule has 0 saturated carbocycles. The molecule has 3 N–H and O–H groups in total. The highest BCUT2D eigenvalue weighted by Crippen LogP contribution is 1.93. The minimum absolute atomic E-state index is 0.0595. The Balaban J connectivity index is 2.36. The molecule has 0 fully saturated rings. The number of hydrogen-bond acceptors (Lipinski definition) is 3. The van der Waals surface area contributed by atoms with Gasteiger partial charge in [0.2, 0.25) is 5.91 Å². The number of carbonyl (C=O) groups is 1. The van der Waals surface area contributed by atoms with Gasteiger partial charge in [-0.3, -0.25) is 4.79 Å². The molecule has 0 spiro atoms. The number of hydrogen-bond donors (Lipinski definition) is 2. The molecule has 5 nitrogen and oxygen atoms in total. The fraction of sp³-hybridized carbons (Fsp3) is 0.600. The van der Waals surface area contributed by atoms with Crippen molar-refractivity contribution < 1.29 is 4.79 Å². The SMILES string of the molecule is CCC(N)C(=O)NC(C)Cn1ccnc1. The van der Waals surface area contributed by atoms with Crippen LogP contribution in [0.3, 0.4) is 0 Å². The van der Waals surface area contributed by atoms with Crippen molar-refractivity contribution in [1.29, 1.82) is 0 Å². The topological polar surface area (TPSA) is 72.9 Å². The highest BCUT2D eigenvalue weighted by molar-refractivity contribution is 5.81. The van der Waals surface area contributed by atoms with Crippen LogP contribution in [0, 0.1) is 0 Å². The van der Waals surface area contributed by atoms with Crippen molar-refractivity contribution in [3.05, 3.63) is 18.7 Å². The first kappa shape index (κ1) is 11.7. The lowest BCUT2D eigenvalue weighted by atomic mass is 10.2. The first-order valence-corrected chi connectivity index (χ1v) is 5.15. The van der Waals surface area contributed by atoms with Gasteiger partial charge in [-0.2, -0.15) is 0 Å². The molecule has 0 saturated heterocycles. The Labute approximate surface area is 89.7 Å². The van der Waals surface area contributed by atoms with Crippen LogP contribution in [-0.2, 0) is 11.3 Å². The maximum absolute atomic E-state index is 11.5. The molecular weight excluding hydrogens is 192 g/mol. The predicted octanol–water partition coefficient (Wildman–Crippen LogP) is 0.125. The monoisotopic (exact) mass is 210 g/mol. The molecule has 1 heterocycles. The Hall–Kier alpha value is -1.36. The van der Waals surface area contributed by atoms with Gasteiger partial charge in [0.25, 0.3) is 0 Å². The van der Waals surface area contributed by atoms with Crippen LogP contribution in [-0.4, -0.2) is 27.5 Å². The van der Waals surface area contributed by atoms with E-state index in [1.807, 2.05) is 24.6 Å². The second kappa shape index (κ2) is 5.50. The second-order valence-electron chi connectivity index (χ2n) is 3.68. The summed E-state index contributed by atoms with van der Waals surface area (Å²) >= 11 is 0. The molecule has 0 aliphatic rings. The maximum atomic E-state index is 11.5. The molecule has 1 aromatic rings. The molecule has 2 atom stereocenters. The van der Waals surface area contributed by atoms with Gasteiger partial charge in [-0.25, -0.2) is 4.98 Å². The van der Waals surface area contributed by atoms with Crippen LogP contribution in [0.1, 0.15) is 20.3 Å². The first-order valence-electron chi connectivity index (χ1n) is 5.15. The third-order valence-corrected chi connectivity index (χ3v) is 2.21. The Bertz CT molecular complexity index is 296. The molecule has 1 rings (SSSR count). The number of nitrogens with two attached hydrogens (primary N) is 1. The molecule has 2 unspecified atom stereocenters. The summed E-state index contributed by atoms with van der Waals surface area (Å²) in [5, 5.41) is 2.86. The van der Waals surface area contributed by atoms with Crippen LogP contribution in [0.15, 0.2) is 18.7 Å². The predicted molar refractivity (Wildman–Crippen MR) is 58.1 cm³/mol. The van der Waals surface area contributed by atoms with E-state index in [2.05, 4.69) is 10.3 Å². The van der Waals surface area contributed by atoms with Crippen LogP contribution in [0.4, 0.5) is 0 Å². The summed E-state index contributed by atoms with van der Waals surface area (Å²) in [4.78, 5) is 15.4. The summed E-state index contributed by atoms with van der Waals surface area (Å²) in [5.41, 5.74) is 5.61. The van der Waals surface area contributed by atoms with Crippen molar-refractivity contribution >= 4 is 5.91 Å². The normalized spacial score (nSPS) is 14.6. The number of nitrogens with one attached hydrogen (secondary N) is 1. The fourth-order valence-corrected chi connectivity index (χ4v) is 1.29. The quantitative estimate of drug-likeness (QED) is 0.725. The minimum atomic E-state index is -0.407. The second-order valence-corrected chi connectivity index (χ2v) is 3.68. The first-order chi connectivity index (χ1) is 7.13. The highest BCUT2D eigenvalue weighted by Gasteiger charge is 2.13. The summed E-state index contributed by atoms with van der Waals surface area (Å²) in [6, 6.07) is -0.348. The number of aromatic nitrogens is 2. The van der Waals surface area contributed by atoms with Crippen LogP contribution in [0.2, 0.25) is 0 Å². The van der Waals surface area contributed by atoms with Crippen molar-refractivity contribution in [2.45, 2.75) is 38.9 Å². The van der Waals surface area contributed by atoms with Gasteiger partial charge in [0.05, 0.1) is 12.4 Å². The van der Waals surface area contributed by atoms with Gasteiger partial charge in [0.1, 0.15) is 0 Å². The van der Waals surface area contributed by atoms with E-state index in [-0.39, 0.29) is 11.9 Å². The van der Waals surface area contributed by atoms with Crippen molar-refractivity contribution in [3.63, 3.8) is 0 Å². The van der Waals surface area contributed by atoms with Crippen LogP contribution in [0.25, 0.3) is 0 Å². The Morgan fingerprint density at radius 2 is 2.40 bits per heavy atom. The van der Waals surface area contributed by atoms with Crippen LogP contribution >= 0.6 is 0 Å². The van der Waals surface area contributed by atoms with Gasteiger partial charge in [-0.15, -0.1) is 0 Å². The zero-order valence-electron chi connectivity index (χ0n) is 9.18. The lowest BCUT2D eigenvalue weighted by Crippen LogP contribution is -2.45. The molecule has 0 aliphatic carbocycles. The number of nitrogens with zero attached hydrogens (tertiary/aromatic N) is 2. The largest absolute Gasteiger partial charge is 0.351 e. The fourth-order valence-electron chi connectivity index (χ4n) is 1.29.